The van der Waals surface area contributed by atoms with Gasteiger partial charge in [0.15, 0.2) is 0 Å². The number of nitrogens with zero attached hydrogens (tertiary/aromatic N) is 1. The zero-order valence-corrected chi connectivity index (χ0v) is 14.1. The summed E-state index contributed by atoms with van der Waals surface area (Å²) in [5.74, 6) is -0.748. The van der Waals surface area contributed by atoms with Crippen molar-refractivity contribution in [3.05, 3.63) is 28.7 Å². The fourth-order valence-electron chi connectivity index (χ4n) is 2.43. The van der Waals surface area contributed by atoms with Gasteiger partial charge in [-0.1, -0.05) is 29.8 Å². The quantitative estimate of drug-likeness (QED) is 0.784. The van der Waals surface area contributed by atoms with Crippen molar-refractivity contribution in [1.29, 1.82) is 0 Å². The number of nitrogens with one attached hydrogen (secondary N) is 2. The number of halogens is 1. The topological polar surface area (TPSA) is 78.5 Å². The van der Waals surface area contributed by atoms with Crippen LogP contribution in [0.25, 0.3) is 0 Å². The Balaban J connectivity index is 2.04. The minimum Gasteiger partial charge on any atom is -0.325 e. The number of hydrogen-bond acceptors (Lipinski definition) is 3. The normalized spacial score (nSPS) is 16.6. The van der Waals surface area contributed by atoms with E-state index in [1.54, 1.807) is 24.3 Å². The van der Waals surface area contributed by atoms with Gasteiger partial charge in [0, 0.05) is 10.2 Å². The van der Waals surface area contributed by atoms with Crippen LogP contribution in [0.5, 0.6) is 0 Å². The molecular formula is C15H18BrN3O3. The lowest BCUT2D eigenvalue weighted by molar-refractivity contribution is -0.134. The summed E-state index contributed by atoms with van der Waals surface area (Å²) in [5.41, 5.74) is -0.271. The van der Waals surface area contributed by atoms with Gasteiger partial charge < -0.3 is 10.6 Å². The van der Waals surface area contributed by atoms with E-state index >= 15 is 0 Å². The van der Waals surface area contributed by atoms with Gasteiger partial charge in [-0.15, -0.1) is 0 Å². The third-order valence-electron chi connectivity index (χ3n) is 3.88. The zero-order chi connectivity index (χ0) is 16.3. The van der Waals surface area contributed by atoms with Gasteiger partial charge in [-0.25, -0.2) is 4.79 Å². The molecule has 7 heteroatoms. The number of anilines is 1. The molecule has 1 aliphatic heterocycles. The number of benzene rings is 1. The maximum atomic E-state index is 12.4. The summed E-state index contributed by atoms with van der Waals surface area (Å²) in [4.78, 5) is 37.4. The summed E-state index contributed by atoms with van der Waals surface area (Å²) in [6.45, 7) is 3.39. The Morgan fingerprint density at radius 3 is 2.32 bits per heavy atom. The van der Waals surface area contributed by atoms with Gasteiger partial charge in [0.2, 0.25) is 5.91 Å². The molecule has 0 unspecified atom stereocenters. The van der Waals surface area contributed by atoms with E-state index in [1.807, 2.05) is 13.8 Å². The smallest absolute Gasteiger partial charge is 0.325 e. The summed E-state index contributed by atoms with van der Waals surface area (Å²) < 4.78 is 0.898. The molecule has 1 heterocycles. The molecule has 22 heavy (non-hydrogen) atoms. The predicted octanol–water partition coefficient (Wildman–Crippen LogP) is 2.50. The summed E-state index contributed by atoms with van der Waals surface area (Å²) in [7, 11) is 0. The Morgan fingerprint density at radius 1 is 1.23 bits per heavy atom. The minimum atomic E-state index is -0.880. The Hall–Kier alpha value is -1.89. The molecular weight excluding hydrogens is 350 g/mol. The fourth-order valence-corrected chi connectivity index (χ4v) is 2.69. The average Bonchev–Trinajstić information content (AvgIpc) is 2.74. The molecule has 0 radical (unpaired) electrons. The number of rotatable bonds is 5. The van der Waals surface area contributed by atoms with Crippen LogP contribution in [0, 0.1) is 0 Å². The van der Waals surface area contributed by atoms with Gasteiger partial charge in [-0.3, -0.25) is 14.5 Å². The second kappa shape index (κ2) is 6.48. The fraction of sp³-hybridized carbons (Fsp3) is 0.400. The first-order valence-electron chi connectivity index (χ1n) is 7.11. The van der Waals surface area contributed by atoms with Gasteiger partial charge in [0.25, 0.3) is 5.91 Å². The molecule has 0 aliphatic carbocycles. The first-order chi connectivity index (χ1) is 10.4. The largest absolute Gasteiger partial charge is 0.325 e. The van der Waals surface area contributed by atoms with Crippen molar-refractivity contribution in [1.82, 2.24) is 10.2 Å². The van der Waals surface area contributed by atoms with Gasteiger partial charge in [-0.05, 0) is 37.1 Å². The highest BCUT2D eigenvalue weighted by Gasteiger charge is 2.49. The number of imide groups is 1. The van der Waals surface area contributed by atoms with Crippen LogP contribution in [0.15, 0.2) is 28.7 Å². The van der Waals surface area contributed by atoms with E-state index in [1.165, 1.54) is 0 Å². The molecule has 2 N–H and O–H groups in total. The molecule has 0 atom stereocenters. The molecule has 118 valence electrons. The number of carbonyl (C=O) groups is 3. The Labute approximate surface area is 137 Å². The van der Waals surface area contributed by atoms with Crippen LogP contribution in [0.3, 0.4) is 0 Å². The maximum Gasteiger partial charge on any atom is 0.325 e. The maximum absolute atomic E-state index is 12.4. The van der Waals surface area contributed by atoms with Gasteiger partial charge in [0.05, 0.1) is 0 Å². The molecule has 0 saturated carbocycles. The lowest BCUT2D eigenvalue weighted by Crippen LogP contribution is -2.46. The highest BCUT2D eigenvalue weighted by Crippen LogP contribution is 2.24. The van der Waals surface area contributed by atoms with Crippen molar-refractivity contribution in [3.63, 3.8) is 0 Å². The Bertz CT molecular complexity index is 597. The second-order valence-electron chi connectivity index (χ2n) is 5.17. The number of hydrogen-bond donors (Lipinski definition) is 2. The van der Waals surface area contributed by atoms with Gasteiger partial charge in [-0.2, -0.15) is 0 Å². The molecule has 0 aromatic heterocycles. The SMILES string of the molecule is CCC1(CC)NC(=O)N(CC(=O)Nc2ccc(Br)cc2)C1=O. The summed E-state index contributed by atoms with van der Waals surface area (Å²) in [5, 5.41) is 5.36. The van der Waals surface area contributed by atoms with E-state index in [0.717, 1.165) is 9.37 Å². The molecule has 1 aliphatic rings. The van der Waals surface area contributed by atoms with Crippen molar-refractivity contribution >= 4 is 39.5 Å². The molecule has 4 amide bonds. The third-order valence-corrected chi connectivity index (χ3v) is 4.41. The lowest BCUT2D eigenvalue weighted by Gasteiger charge is -2.23. The van der Waals surface area contributed by atoms with Crippen LogP contribution in [-0.2, 0) is 9.59 Å². The zero-order valence-electron chi connectivity index (χ0n) is 12.5. The third kappa shape index (κ3) is 3.14. The average molecular weight is 368 g/mol. The lowest BCUT2D eigenvalue weighted by atomic mass is 9.93. The molecule has 1 aromatic carbocycles. The van der Waals surface area contributed by atoms with Crippen LogP contribution >= 0.6 is 15.9 Å². The monoisotopic (exact) mass is 367 g/mol. The van der Waals surface area contributed by atoms with E-state index in [0.29, 0.717) is 18.5 Å². The molecule has 2 rings (SSSR count). The molecule has 6 nitrogen and oxygen atoms in total. The minimum absolute atomic E-state index is 0.289. The molecule has 0 bridgehead atoms. The number of carbonyl (C=O) groups excluding carboxylic acids is 3. The van der Waals surface area contributed by atoms with Crippen molar-refractivity contribution in [2.75, 3.05) is 11.9 Å². The first-order valence-corrected chi connectivity index (χ1v) is 7.90. The van der Waals surface area contributed by atoms with Crippen molar-refractivity contribution in [3.8, 4) is 0 Å². The van der Waals surface area contributed by atoms with Crippen molar-refractivity contribution < 1.29 is 14.4 Å². The standard InChI is InChI=1S/C15H18BrN3O3/c1-3-15(4-2)13(21)19(14(22)18-15)9-12(20)17-11-7-5-10(16)6-8-11/h5-8H,3-4,9H2,1-2H3,(H,17,20)(H,18,22). The highest BCUT2D eigenvalue weighted by molar-refractivity contribution is 9.10. The van der Waals surface area contributed by atoms with Crippen LogP contribution in [0.2, 0.25) is 0 Å². The number of amides is 4. The molecule has 1 aromatic rings. The summed E-state index contributed by atoms with van der Waals surface area (Å²) in [6, 6.07) is 6.54. The Kier molecular flexibility index (Phi) is 4.85. The van der Waals surface area contributed by atoms with Gasteiger partial charge in [0.1, 0.15) is 12.1 Å². The summed E-state index contributed by atoms with van der Waals surface area (Å²) >= 11 is 3.31. The van der Waals surface area contributed by atoms with Crippen LogP contribution < -0.4 is 10.6 Å². The predicted molar refractivity (Wildman–Crippen MR) is 86.3 cm³/mol. The number of urea groups is 1. The van der Waals surface area contributed by atoms with E-state index in [-0.39, 0.29) is 12.5 Å². The highest BCUT2D eigenvalue weighted by atomic mass is 79.9. The Morgan fingerprint density at radius 2 is 1.82 bits per heavy atom. The van der Waals surface area contributed by atoms with Crippen molar-refractivity contribution in [2.24, 2.45) is 0 Å². The van der Waals surface area contributed by atoms with E-state index in [4.69, 9.17) is 0 Å². The van der Waals surface area contributed by atoms with Crippen LogP contribution in [0.1, 0.15) is 26.7 Å². The van der Waals surface area contributed by atoms with E-state index < -0.39 is 17.5 Å². The van der Waals surface area contributed by atoms with Crippen LogP contribution in [0.4, 0.5) is 10.5 Å². The summed E-state index contributed by atoms with van der Waals surface area (Å²) in [6.07, 6.45) is 0.998. The molecule has 1 fully saturated rings. The molecule has 1 saturated heterocycles. The van der Waals surface area contributed by atoms with E-state index in [9.17, 15) is 14.4 Å². The second-order valence-corrected chi connectivity index (χ2v) is 6.08. The van der Waals surface area contributed by atoms with E-state index in [2.05, 4.69) is 26.6 Å². The molecule has 0 spiro atoms. The van der Waals surface area contributed by atoms with Gasteiger partial charge >= 0.3 is 6.03 Å². The first kappa shape index (κ1) is 16.5. The van der Waals surface area contributed by atoms with Crippen molar-refractivity contribution in [2.45, 2.75) is 32.2 Å². The van der Waals surface area contributed by atoms with Crippen LogP contribution in [-0.4, -0.2) is 34.8 Å².